The van der Waals surface area contributed by atoms with Crippen LogP contribution in [0.3, 0.4) is 0 Å². The van der Waals surface area contributed by atoms with Crippen LogP contribution in [0.1, 0.15) is 25.0 Å². The zero-order chi connectivity index (χ0) is 19.9. The molecule has 1 fully saturated rings. The molecule has 0 atom stereocenters. The van der Waals surface area contributed by atoms with Crippen LogP contribution < -0.4 is 9.47 Å². The van der Waals surface area contributed by atoms with E-state index in [4.69, 9.17) is 9.47 Å². The fourth-order valence-electron chi connectivity index (χ4n) is 4.00. The summed E-state index contributed by atoms with van der Waals surface area (Å²) in [5.74, 6) is 2.67. The highest BCUT2D eigenvalue weighted by atomic mass is 16.5. The number of aryl methyl sites for hydroxylation is 1. The number of pyridine rings is 1. The number of aromatic nitrogens is 1. The van der Waals surface area contributed by atoms with Crippen LogP contribution in [0, 0.1) is 12.8 Å². The van der Waals surface area contributed by atoms with E-state index in [-0.39, 0.29) is 0 Å². The number of hydrogen-bond donors (Lipinski definition) is 0. The van der Waals surface area contributed by atoms with Crippen LogP contribution in [0.4, 0.5) is 0 Å². The maximum absolute atomic E-state index is 6.10. The van der Waals surface area contributed by atoms with Crippen molar-refractivity contribution in [2.24, 2.45) is 5.92 Å². The lowest BCUT2D eigenvalue weighted by Crippen LogP contribution is -2.36. The van der Waals surface area contributed by atoms with Crippen LogP contribution >= 0.6 is 0 Å². The quantitative estimate of drug-likeness (QED) is 0.536. The first kappa shape index (κ1) is 19.7. The van der Waals surface area contributed by atoms with Gasteiger partial charge < -0.3 is 9.47 Å². The van der Waals surface area contributed by atoms with Crippen molar-refractivity contribution < 1.29 is 9.47 Å². The highest BCUT2D eigenvalue weighted by Crippen LogP contribution is 2.25. The normalized spacial score (nSPS) is 15.5. The minimum Gasteiger partial charge on any atom is -0.494 e. The molecular weight excluding hydrogens is 360 g/mol. The number of piperidine rings is 1. The fourth-order valence-corrected chi connectivity index (χ4v) is 4.00. The zero-order valence-corrected chi connectivity index (χ0v) is 17.2. The number of fused-ring (bicyclic) bond motifs is 1. The average molecular weight is 391 g/mol. The van der Waals surface area contributed by atoms with Gasteiger partial charge in [0.05, 0.1) is 12.1 Å². The lowest BCUT2D eigenvalue weighted by Gasteiger charge is -2.31. The van der Waals surface area contributed by atoms with Gasteiger partial charge in [0.25, 0.3) is 0 Å². The minimum absolute atomic E-state index is 0.717. The molecule has 0 amide bonds. The maximum Gasteiger partial charge on any atom is 0.128 e. The maximum atomic E-state index is 6.10. The largest absolute Gasteiger partial charge is 0.494 e. The number of para-hydroxylation sites is 1. The first-order valence-electron chi connectivity index (χ1n) is 10.7. The fraction of sp³-hybridized carbons (Fsp3) is 0.400. The number of likely N-dealkylation sites (tertiary alicyclic amines) is 1. The van der Waals surface area contributed by atoms with Gasteiger partial charge >= 0.3 is 0 Å². The molecule has 2 heterocycles. The third-order valence-electron chi connectivity index (χ3n) is 5.74. The summed E-state index contributed by atoms with van der Waals surface area (Å²) in [5.41, 5.74) is 2.03. The van der Waals surface area contributed by atoms with Gasteiger partial charge in [0.15, 0.2) is 0 Å². The van der Waals surface area contributed by atoms with Gasteiger partial charge in [-0.25, -0.2) is 0 Å². The third kappa shape index (κ3) is 5.48. The van der Waals surface area contributed by atoms with E-state index in [1.165, 1.54) is 12.8 Å². The van der Waals surface area contributed by atoms with Gasteiger partial charge in [-0.3, -0.25) is 9.88 Å². The summed E-state index contributed by atoms with van der Waals surface area (Å²) in [7, 11) is 0. The van der Waals surface area contributed by atoms with Crippen LogP contribution in [0.2, 0.25) is 0 Å². The number of ether oxygens (including phenoxy) is 2. The zero-order valence-electron chi connectivity index (χ0n) is 17.2. The van der Waals surface area contributed by atoms with Crippen molar-refractivity contribution in [3.05, 3.63) is 66.4 Å². The summed E-state index contributed by atoms with van der Waals surface area (Å²) in [6.07, 6.45) is 3.63. The summed E-state index contributed by atoms with van der Waals surface area (Å²) in [6.45, 7) is 6.82. The van der Waals surface area contributed by atoms with Crippen molar-refractivity contribution in [3.8, 4) is 11.5 Å². The molecule has 4 rings (SSSR count). The molecule has 1 saturated heterocycles. The highest BCUT2D eigenvalue weighted by molar-refractivity contribution is 5.85. The Bertz CT molecular complexity index is 905. The van der Waals surface area contributed by atoms with Gasteiger partial charge in [-0.15, -0.1) is 0 Å². The Labute approximate surface area is 173 Å². The predicted octanol–water partition coefficient (Wildman–Crippen LogP) is 5.10. The smallest absolute Gasteiger partial charge is 0.128 e. The van der Waals surface area contributed by atoms with Crippen molar-refractivity contribution in [2.75, 3.05) is 32.8 Å². The molecule has 2 aromatic carbocycles. The molecule has 0 unspecified atom stereocenters. The molecule has 4 heteroatoms. The topological polar surface area (TPSA) is 34.6 Å². The van der Waals surface area contributed by atoms with E-state index < -0.39 is 0 Å². The Balaban J connectivity index is 1.17. The summed E-state index contributed by atoms with van der Waals surface area (Å²) >= 11 is 0. The summed E-state index contributed by atoms with van der Waals surface area (Å²) in [5, 5.41) is 1.09. The molecule has 0 saturated carbocycles. The van der Waals surface area contributed by atoms with Crippen LogP contribution in [0.25, 0.3) is 10.9 Å². The van der Waals surface area contributed by atoms with E-state index in [0.29, 0.717) is 0 Å². The van der Waals surface area contributed by atoms with Gasteiger partial charge in [0.1, 0.15) is 18.1 Å². The molecule has 1 aliphatic heterocycles. The Morgan fingerprint density at radius 3 is 2.55 bits per heavy atom. The molecule has 1 aromatic heterocycles. The van der Waals surface area contributed by atoms with Crippen molar-refractivity contribution in [2.45, 2.75) is 26.2 Å². The second-order valence-corrected chi connectivity index (χ2v) is 7.86. The standard InChI is InChI=1S/C25H30N2O2/c1-20-10-11-23-24(26-20)8-5-9-25(23)29-19-17-27-15-12-21(13-16-27)14-18-28-22-6-3-2-4-7-22/h2-11,21H,12-19H2,1H3. The van der Waals surface area contributed by atoms with Crippen LogP contribution in [0.15, 0.2) is 60.7 Å². The third-order valence-corrected chi connectivity index (χ3v) is 5.74. The molecule has 152 valence electrons. The number of hydrogen-bond acceptors (Lipinski definition) is 4. The second kappa shape index (κ2) is 9.75. The Morgan fingerprint density at radius 2 is 1.72 bits per heavy atom. The monoisotopic (exact) mass is 390 g/mol. The number of rotatable bonds is 8. The SMILES string of the molecule is Cc1ccc2c(OCCN3CCC(CCOc4ccccc4)CC3)cccc2n1. The first-order valence-corrected chi connectivity index (χ1v) is 10.7. The average Bonchev–Trinajstić information content (AvgIpc) is 2.75. The van der Waals surface area contributed by atoms with Crippen LogP contribution in [-0.4, -0.2) is 42.7 Å². The molecule has 1 aliphatic rings. The van der Waals surface area contributed by atoms with E-state index in [0.717, 1.165) is 73.3 Å². The number of benzene rings is 2. The van der Waals surface area contributed by atoms with Crippen molar-refractivity contribution in [1.29, 1.82) is 0 Å². The van der Waals surface area contributed by atoms with E-state index in [9.17, 15) is 0 Å². The summed E-state index contributed by atoms with van der Waals surface area (Å²) < 4.78 is 12.0. The van der Waals surface area contributed by atoms with Gasteiger partial charge in [-0.05, 0) is 81.6 Å². The molecule has 29 heavy (non-hydrogen) atoms. The van der Waals surface area contributed by atoms with E-state index in [1.54, 1.807) is 0 Å². The van der Waals surface area contributed by atoms with E-state index in [1.807, 2.05) is 61.5 Å². The van der Waals surface area contributed by atoms with Gasteiger partial charge in [-0.2, -0.15) is 0 Å². The molecule has 0 radical (unpaired) electrons. The Hall–Kier alpha value is -2.59. The predicted molar refractivity (Wildman–Crippen MR) is 118 cm³/mol. The summed E-state index contributed by atoms with van der Waals surface area (Å²) in [6, 6.07) is 20.4. The van der Waals surface area contributed by atoms with Crippen LogP contribution in [-0.2, 0) is 0 Å². The Morgan fingerprint density at radius 1 is 0.897 bits per heavy atom. The molecule has 4 nitrogen and oxygen atoms in total. The lowest BCUT2D eigenvalue weighted by molar-refractivity contribution is 0.142. The lowest BCUT2D eigenvalue weighted by atomic mass is 9.94. The Kier molecular flexibility index (Phi) is 6.63. The molecule has 0 spiro atoms. The van der Waals surface area contributed by atoms with Gasteiger partial charge in [0, 0.05) is 17.6 Å². The second-order valence-electron chi connectivity index (χ2n) is 7.86. The van der Waals surface area contributed by atoms with Gasteiger partial charge in [-0.1, -0.05) is 24.3 Å². The van der Waals surface area contributed by atoms with Crippen molar-refractivity contribution in [1.82, 2.24) is 9.88 Å². The van der Waals surface area contributed by atoms with E-state index >= 15 is 0 Å². The molecule has 3 aromatic rings. The highest BCUT2D eigenvalue weighted by Gasteiger charge is 2.19. The summed E-state index contributed by atoms with van der Waals surface area (Å²) in [4.78, 5) is 7.10. The van der Waals surface area contributed by atoms with Crippen molar-refractivity contribution >= 4 is 10.9 Å². The molecular formula is C25H30N2O2. The first-order chi connectivity index (χ1) is 14.3. The minimum atomic E-state index is 0.717. The van der Waals surface area contributed by atoms with Crippen molar-refractivity contribution in [3.63, 3.8) is 0 Å². The molecule has 0 aliphatic carbocycles. The molecule has 0 bridgehead atoms. The van der Waals surface area contributed by atoms with Gasteiger partial charge in [0.2, 0.25) is 0 Å². The van der Waals surface area contributed by atoms with Crippen LogP contribution in [0.5, 0.6) is 11.5 Å². The number of nitrogens with zero attached hydrogens (tertiary/aromatic N) is 2. The molecule has 0 N–H and O–H groups in total. The van der Waals surface area contributed by atoms with E-state index in [2.05, 4.69) is 16.0 Å².